The highest BCUT2D eigenvalue weighted by atomic mass is 19.1. The van der Waals surface area contributed by atoms with Gasteiger partial charge in [-0.05, 0) is 41.5 Å². The standard InChI is InChI=1S/C26H23FN2O5/c1-17(30)28-14-21-15-29(26(32)34-21)20-9-10-22(23(27)13-20)19-7-11-24(31)25(12-8-19)33-16-18-5-3-2-4-6-18/h2-13,21H,14-16H2,1H3,(H,28,30). The molecule has 1 heterocycles. The molecule has 8 heteroatoms. The first kappa shape index (κ1) is 23.0. The first-order valence-corrected chi connectivity index (χ1v) is 10.7. The molecule has 2 amide bonds. The van der Waals surface area contributed by atoms with Crippen LogP contribution in [0.25, 0.3) is 11.1 Å². The van der Waals surface area contributed by atoms with Crippen LogP contribution in [0.5, 0.6) is 5.75 Å². The van der Waals surface area contributed by atoms with Gasteiger partial charge in [0.1, 0.15) is 18.5 Å². The fourth-order valence-corrected chi connectivity index (χ4v) is 3.59. The van der Waals surface area contributed by atoms with E-state index in [-0.39, 0.29) is 42.3 Å². The van der Waals surface area contributed by atoms with E-state index in [0.717, 1.165) is 5.56 Å². The second-order valence-corrected chi connectivity index (χ2v) is 7.84. The first-order valence-electron chi connectivity index (χ1n) is 10.7. The summed E-state index contributed by atoms with van der Waals surface area (Å²) in [5.41, 5.74) is 1.71. The Morgan fingerprint density at radius 1 is 1.09 bits per heavy atom. The van der Waals surface area contributed by atoms with Crippen molar-refractivity contribution in [3.63, 3.8) is 0 Å². The van der Waals surface area contributed by atoms with E-state index >= 15 is 4.39 Å². The summed E-state index contributed by atoms with van der Waals surface area (Å²) in [7, 11) is 0. The second kappa shape index (κ2) is 10.2. The van der Waals surface area contributed by atoms with Crippen molar-refractivity contribution in [3.8, 4) is 16.9 Å². The van der Waals surface area contributed by atoms with Crippen LogP contribution in [0.2, 0.25) is 0 Å². The minimum absolute atomic E-state index is 0.164. The number of amides is 2. The van der Waals surface area contributed by atoms with Gasteiger partial charge in [-0.2, -0.15) is 0 Å². The van der Waals surface area contributed by atoms with Crippen LogP contribution < -0.4 is 20.4 Å². The van der Waals surface area contributed by atoms with Crippen LogP contribution in [-0.4, -0.2) is 31.2 Å². The smallest absolute Gasteiger partial charge is 0.414 e. The van der Waals surface area contributed by atoms with Gasteiger partial charge in [0.05, 0.1) is 18.8 Å². The lowest BCUT2D eigenvalue weighted by Crippen LogP contribution is -2.33. The van der Waals surface area contributed by atoms with Gasteiger partial charge in [0.2, 0.25) is 11.3 Å². The molecule has 1 saturated heterocycles. The van der Waals surface area contributed by atoms with Crippen LogP contribution in [0.15, 0.2) is 77.6 Å². The fourth-order valence-electron chi connectivity index (χ4n) is 3.59. The van der Waals surface area contributed by atoms with Crippen molar-refractivity contribution < 1.29 is 23.5 Å². The van der Waals surface area contributed by atoms with Crippen LogP contribution in [0, 0.1) is 5.82 Å². The van der Waals surface area contributed by atoms with E-state index in [9.17, 15) is 14.4 Å². The number of ether oxygens (including phenoxy) is 2. The van der Waals surface area contributed by atoms with E-state index in [2.05, 4.69) is 5.32 Å². The van der Waals surface area contributed by atoms with Gasteiger partial charge >= 0.3 is 6.09 Å². The quantitative estimate of drug-likeness (QED) is 0.576. The van der Waals surface area contributed by atoms with E-state index in [1.54, 1.807) is 18.2 Å². The SMILES string of the molecule is CC(=O)NCC1CN(c2ccc(-c3ccc(OCc4ccccc4)c(=O)cc3)c(F)c2)C(=O)O1. The Kier molecular flexibility index (Phi) is 6.87. The zero-order valence-corrected chi connectivity index (χ0v) is 18.5. The normalized spacial score (nSPS) is 15.1. The number of carbonyl (C=O) groups excluding carboxylic acids is 2. The molecule has 0 saturated carbocycles. The maximum atomic E-state index is 15.0. The molecule has 0 radical (unpaired) electrons. The minimum atomic E-state index is -0.607. The molecular weight excluding hydrogens is 439 g/mol. The summed E-state index contributed by atoms with van der Waals surface area (Å²) in [6.45, 7) is 2.00. The van der Waals surface area contributed by atoms with E-state index in [0.29, 0.717) is 11.3 Å². The van der Waals surface area contributed by atoms with Crippen molar-refractivity contribution in [1.29, 1.82) is 0 Å². The lowest BCUT2D eigenvalue weighted by Gasteiger charge is -2.14. The van der Waals surface area contributed by atoms with Crippen LogP contribution >= 0.6 is 0 Å². The predicted octanol–water partition coefficient (Wildman–Crippen LogP) is 3.89. The van der Waals surface area contributed by atoms with Gasteiger partial charge in [-0.1, -0.05) is 42.5 Å². The maximum Gasteiger partial charge on any atom is 0.414 e. The summed E-state index contributed by atoms with van der Waals surface area (Å²) in [5, 5.41) is 2.60. The van der Waals surface area contributed by atoms with Crippen LogP contribution in [0.4, 0.5) is 14.9 Å². The Hall–Kier alpha value is -4.20. The molecule has 4 rings (SSSR count). The topological polar surface area (TPSA) is 84.9 Å². The van der Waals surface area contributed by atoms with E-state index in [1.807, 2.05) is 30.3 Å². The maximum absolute atomic E-state index is 15.0. The zero-order valence-electron chi connectivity index (χ0n) is 18.5. The molecule has 1 N–H and O–H groups in total. The van der Waals surface area contributed by atoms with Crippen molar-refractivity contribution in [2.45, 2.75) is 19.6 Å². The average Bonchev–Trinajstić information content (AvgIpc) is 3.10. The molecule has 1 fully saturated rings. The summed E-state index contributed by atoms with van der Waals surface area (Å²) >= 11 is 0. The summed E-state index contributed by atoms with van der Waals surface area (Å²) < 4.78 is 25.9. The minimum Gasteiger partial charge on any atom is -0.485 e. The number of anilines is 1. The number of halogens is 1. The number of hydrogen-bond acceptors (Lipinski definition) is 5. The van der Waals surface area contributed by atoms with E-state index < -0.39 is 18.0 Å². The van der Waals surface area contributed by atoms with Crippen molar-refractivity contribution in [2.24, 2.45) is 0 Å². The first-order chi connectivity index (χ1) is 16.4. The Bertz CT molecular complexity index is 1270. The molecule has 3 aromatic carbocycles. The van der Waals surface area contributed by atoms with Crippen LogP contribution in [-0.2, 0) is 16.1 Å². The van der Waals surface area contributed by atoms with Gasteiger partial charge in [0, 0.05) is 12.5 Å². The third-order valence-electron chi connectivity index (χ3n) is 5.34. The molecule has 3 aromatic rings. The number of rotatable bonds is 7. The number of hydrogen-bond donors (Lipinski definition) is 1. The number of cyclic esters (lactones) is 1. The number of nitrogens with zero attached hydrogens (tertiary/aromatic N) is 1. The second-order valence-electron chi connectivity index (χ2n) is 7.84. The molecule has 1 atom stereocenters. The fraction of sp³-hybridized carbons (Fsp3) is 0.192. The highest BCUT2D eigenvalue weighted by Gasteiger charge is 2.32. The van der Waals surface area contributed by atoms with Crippen LogP contribution in [0.3, 0.4) is 0 Å². The monoisotopic (exact) mass is 462 g/mol. The van der Waals surface area contributed by atoms with Gasteiger partial charge in [-0.25, -0.2) is 9.18 Å². The molecule has 0 spiro atoms. The molecule has 1 unspecified atom stereocenters. The largest absolute Gasteiger partial charge is 0.485 e. The third-order valence-corrected chi connectivity index (χ3v) is 5.34. The molecule has 0 bridgehead atoms. The molecule has 1 aliphatic heterocycles. The number of nitrogens with one attached hydrogen (secondary N) is 1. The molecule has 174 valence electrons. The molecular formula is C26H23FN2O5. The van der Waals surface area contributed by atoms with Gasteiger partial charge in [0.15, 0.2) is 5.75 Å². The third kappa shape index (κ3) is 5.40. The van der Waals surface area contributed by atoms with Crippen molar-refractivity contribution in [1.82, 2.24) is 5.32 Å². The lowest BCUT2D eigenvalue weighted by molar-refractivity contribution is -0.119. The molecule has 1 aliphatic rings. The zero-order chi connectivity index (χ0) is 24.1. The predicted molar refractivity (Wildman–Crippen MR) is 125 cm³/mol. The number of benzene rings is 2. The van der Waals surface area contributed by atoms with E-state index in [4.69, 9.17) is 9.47 Å². The van der Waals surface area contributed by atoms with E-state index in [1.165, 1.54) is 36.1 Å². The van der Waals surface area contributed by atoms with Crippen molar-refractivity contribution >= 4 is 17.7 Å². The molecule has 0 aliphatic carbocycles. The highest BCUT2D eigenvalue weighted by molar-refractivity contribution is 5.90. The Morgan fingerprint density at radius 3 is 2.59 bits per heavy atom. The Labute approximate surface area is 195 Å². The summed E-state index contributed by atoms with van der Waals surface area (Å²) in [6.07, 6.45) is -1.12. The van der Waals surface area contributed by atoms with Gasteiger partial charge in [0.25, 0.3) is 0 Å². The average molecular weight is 462 g/mol. The summed E-state index contributed by atoms with van der Waals surface area (Å²) in [5.74, 6) is -0.617. The van der Waals surface area contributed by atoms with Gasteiger partial charge in [-0.3, -0.25) is 14.5 Å². The Balaban J connectivity index is 1.50. The highest BCUT2D eigenvalue weighted by Crippen LogP contribution is 2.29. The van der Waals surface area contributed by atoms with Gasteiger partial charge in [-0.15, -0.1) is 0 Å². The van der Waals surface area contributed by atoms with Gasteiger partial charge < -0.3 is 14.8 Å². The summed E-state index contributed by atoms with van der Waals surface area (Å²) in [6, 6.07) is 19.9. The van der Waals surface area contributed by atoms with Crippen molar-refractivity contribution in [2.75, 3.05) is 18.0 Å². The van der Waals surface area contributed by atoms with Crippen LogP contribution in [0.1, 0.15) is 12.5 Å². The summed E-state index contributed by atoms with van der Waals surface area (Å²) in [4.78, 5) is 37.0. The van der Waals surface area contributed by atoms with Crippen molar-refractivity contribution in [3.05, 3.63) is 94.4 Å². The molecule has 0 aromatic heterocycles. The lowest BCUT2D eigenvalue weighted by atomic mass is 10.1. The molecule has 7 nitrogen and oxygen atoms in total. The molecule has 34 heavy (non-hydrogen) atoms. The Morgan fingerprint density at radius 2 is 1.85 bits per heavy atom. The number of carbonyl (C=O) groups is 2.